The van der Waals surface area contributed by atoms with Gasteiger partial charge in [0.05, 0.1) is 17.3 Å². The molecule has 0 spiro atoms. The smallest absolute Gasteiger partial charge is 0.0900 e. The standard InChI is InChI=1S/C13H24N2OS/c1-9(2)8-16-7-6-14-10(3)13-11(4)15-12(5)17-13/h9-10,14H,6-8H2,1-5H3. The van der Waals surface area contributed by atoms with Crippen LogP contribution in [0.4, 0.5) is 0 Å². The second kappa shape index (κ2) is 7.09. The van der Waals surface area contributed by atoms with E-state index >= 15 is 0 Å². The van der Waals surface area contributed by atoms with Crippen LogP contribution in [0.3, 0.4) is 0 Å². The van der Waals surface area contributed by atoms with Crippen molar-refractivity contribution in [3.63, 3.8) is 0 Å². The summed E-state index contributed by atoms with van der Waals surface area (Å²) >= 11 is 1.78. The molecule has 0 aliphatic heterocycles. The summed E-state index contributed by atoms with van der Waals surface area (Å²) in [5.74, 6) is 0.610. The fraction of sp³-hybridized carbons (Fsp3) is 0.769. The van der Waals surface area contributed by atoms with E-state index in [1.807, 2.05) is 0 Å². The third-order valence-electron chi connectivity index (χ3n) is 2.48. The normalized spacial score (nSPS) is 13.3. The van der Waals surface area contributed by atoms with Crippen LogP contribution in [0.1, 0.15) is 42.4 Å². The SMILES string of the molecule is Cc1nc(C)c(C(C)NCCOCC(C)C)s1. The molecule has 1 rings (SSSR count). The molecule has 0 aromatic carbocycles. The van der Waals surface area contributed by atoms with Crippen LogP contribution in [-0.4, -0.2) is 24.7 Å². The molecule has 0 saturated carbocycles. The van der Waals surface area contributed by atoms with Gasteiger partial charge in [0.1, 0.15) is 0 Å². The molecule has 1 aromatic rings. The quantitative estimate of drug-likeness (QED) is 0.761. The number of rotatable bonds is 7. The number of aromatic nitrogens is 1. The van der Waals surface area contributed by atoms with E-state index in [1.165, 1.54) is 4.88 Å². The Labute approximate surface area is 109 Å². The highest BCUT2D eigenvalue weighted by Gasteiger charge is 2.11. The van der Waals surface area contributed by atoms with Gasteiger partial charge in [-0.3, -0.25) is 0 Å². The number of nitrogens with zero attached hydrogens (tertiary/aromatic N) is 1. The van der Waals surface area contributed by atoms with Gasteiger partial charge in [-0.15, -0.1) is 11.3 Å². The topological polar surface area (TPSA) is 34.2 Å². The summed E-state index contributed by atoms with van der Waals surface area (Å²) in [4.78, 5) is 5.79. The second-order valence-corrected chi connectivity index (χ2v) is 6.06. The molecular formula is C13H24N2OS. The van der Waals surface area contributed by atoms with Crippen LogP contribution in [0.5, 0.6) is 0 Å². The van der Waals surface area contributed by atoms with Crippen molar-refractivity contribution in [3.05, 3.63) is 15.6 Å². The zero-order valence-electron chi connectivity index (χ0n) is 11.5. The van der Waals surface area contributed by atoms with Gasteiger partial charge in [0.25, 0.3) is 0 Å². The molecule has 1 aromatic heterocycles. The van der Waals surface area contributed by atoms with Gasteiger partial charge in [-0.2, -0.15) is 0 Å². The van der Waals surface area contributed by atoms with E-state index in [4.69, 9.17) is 4.74 Å². The van der Waals surface area contributed by atoms with Gasteiger partial charge in [0.15, 0.2) is 0 Å². The molecule has 0 aliphatic rings. The minimum Gasteiger partial charge on any atom is -0.380 e. The van der Waals surface area contributed by atoms with Crippen LogP contribution >= 0.6 is 11.3 Å². The largest absolute Gasteiger partial charge is 0.380 e. The molecule has 1 atom stereocenters. The number of ether oxygens (including phenoxy) is 1. The lowest BCUT2D eigenvalue weighted by molar-refractivity contribution is 0.110. The summed E-state index contributed by atoms with van der Waals surface area (Å²) in [6.07, 6.45) is 0. The fourth-order valence-electron chi connectivity index (χ4n) is 1.71. The van der Waals surface area contributed by atoms with Gasteiger partial charge < -0.3 is 10.1 Å². The highest BCUT2D eigenvalue weighted by atomic mass is 32.1. The maximum absolute atomic E-state index is 5.54. The number of hydrogen-bond acceptors (Lipinski definition) is 4. The van der Waals surface area contributed by atoms with Crippen LogP contribution < -0.4 is 5.32 Å². The van der Waals surface area contributed by atoms with Crippen molar-refractivity contribution in [3.8, 4) is 0 Å². The lowest BCUT2D eigenvalue weighted by Gasteiger charge is -2.13. The van der Waals surface area contributed by atoms with Crippen molar-refractivity contribution in [1.29, 1.82) is 0 Å². The Hall–Kier alpha value is -0.450. The molecule has 1 N–H and O–H groups in total. The summed E-state index contributed by atoms with van der Waals surface area (Å²) in [6, 6.07) is 0.365. The molecule has 1 heterocycles. The second-order valence-electron chi connectivity index (χ2n) is 4.83. The molecule has 0 bridgehead atoms. The Morgan fingerprint density at radius 1 is 1.29 bits per heavy atom. The first-order valence-electron chi connectivity index (χ1n) is 6.25. The minimum absolute atomic E-state index is 0.365. The Bertz CT molecular complexity index is 336. The minimum atomic E-state index is 0.365. The van der Waals surface area contributed by atoms with Crippen molar-refractivity contribution in [1.82, 2.24) is 10.3 Å². The van der Waals surface area contributed by atoms with Crippen LogP contribution in [-0.2, 0) is 4.74 Å². The molecule has 1 unspecified atom stereocenters. The van der Waals surface area contributed by atoms with Crippen molar-refractivity contribution < 1.29 is 4.74 Å². The van der Waals surface area contributed by atoms with E-state index in [9.17, 15) is 0 Å². The molecule has 0 saturated heterocycles. The van der Waals surface area contributed by atoms with E-state index < -0.39 is 0 Å². The van der Waals surface area contributed by atoms with Gasteiger partial charge in [-0.1, -0.05) is 13.8 Å². The third kappa shape index (κ3) is 5.15. The summed E-state index contributed by atoms with van der Waals surface area (Å²) < 4.78 is 5.54. The maximum atomic E-state index is 5.54. The fourth-order valence-corrected chi connectivity index (χ4v) is 2.66. The molecule has 3 nitrogen and oxygen atoms in total. The predicted octanol–water partition coefficient (Wildman–Crippen LogP) is 3.08. The average Bonchev–Trinajstić information content (AvgIpc) is 2.56. The van der Waals surface area contributed by atoms with Crippen LogP contribution in [0.15, 0.2) is 0 Å². The number of thiazole rings is 1. The van der Waals surface area contributed by atoms with Gasteiger partial charge in [-0.05, 0) is 26.7 Å². The number of aryl methyl sites for hydroxylation is 2. The Balaban J connectivity index is 2.25. The maximum Gasteiger partial charge on any atom is 0.0900 e. The molecule has 0 fully saturated rings. The van der Waals surface area contributed by atoms with E-state index in [1.54, 1.807) is 11.3 Å². The van der Waals surface area contributed by atoms with Crippen LogP contribution in [0.2, 0.25) is 0 Å². The third-order valence-corrected chi connectivity index (χ3v) is 3.74. The van der Waals surface area contributed by atoms with E-state index in [0.29, 0.717) is 12.0 Å². The highest BCUT2D eigenvalue weighted by Crippen LogP contribution is 2.23. The molecule has 0 aliphatic carbocycles. The first-order chi connectivity index (χ1) is 8.00. The Kier molecular flexibility index (Phi) is 6.09. The molecule has 0 amide bonds. The predicted molar refractivity (Wildman–Crippen MR) is 73.7 cm³/mol. The van der Waals surface area contributed by atoms with Gasteiger partial charge in [-0.25, -0.2) is 4.98 Å². The highest BCUT2D eigenvalue weighted by molar-refractivity contribution is 7.11. The lowest BCUT2D eigenvalue weighted by atomic mass is 10.2. The molecule has 0 radical (unpaired) electrons. The summed E-state index contributed by atoms with van der Waals surface area (Å²) in [5.41, 5.74) is 1.15. The van der Waals surface area contributed by atoms with Crippen molar-refractivity contribution in [2.24, 2.45) is 5.92 Å². The van der Waals surface area contributed by atoms with E-state index in [-0.39, 0.29) is 0 Å². The van der Waals surface area contributed by atoms with Gasteiger partial charge in [0, 0.05) is 24.1 Å². The zero-order valence-corrected chi connectivity index (χ0v) is 12.4. The van der Waals surface area contributed by atoms with E-state index in [0.717, 1.165) is 30.5 Å². The summed E-state index contributed by atoms with van der Waals surface area (Å²) in [6.45, 7) is 13.2. The average molecular weight is 256 g/mol. The molecule has 17 heavy (non-hydrogen) atoms. The van der Waals surface area contributed by atoms with Crippen molar-refractivity contribution in [2.45, 2.75) is 40.7 Å². The van der Waals surface area contributed by atoms with Gasteiger partial charge in [0.2, 0.25) is 0 Å². The number of hydrogen-bond donors (Lipinski definition) is 1. The van der Waals surface area contributed by atoms with Crippen molar-refractivity contribution >= 4 is 11.3 Å². The lowest BCUT2D eigenvalue weighted by Crippen LogP contribution is -2.23. The Morgan fingerprint density at radius 3 is 2.53 bits per heavy atom. The first kappa shape index (κ1) is 14.6. The Morgan fingerprint density at radius 2 is 2.00 bits per heavy atom. The zero-order chi connectivity index (χ0) is 12.8. The molecule has 98 valence electrons. The first-order valence-corrected chi connectivity index (χ1v) is 7.07. The van der Waals surface area contributed by atoms with Crippen LogP contribution in [0, 0.1) is 19.8 Å². The molecule has 4 heteroatoms. The monoisotopic (exact) mass is 256 g/mol. The number of nitrogens with one attached hydrogen (secondary N) is 1. The van der Waals surface area contributed by atoms with Crippen molar-refractivity contribution in [2.75, 3.05) is 19.8 Å². The molecular weight excluding hydrogens is 232 g/mol. The summed E-state index contributed by atoms with van der Waals surface area (Å²) in [7, 11) is 0. The van der Waals surface area contributed by atoms with Gasteiger partial charge >= 0.3 is 0 Å². The summed E-state index contributed by atoms with van der Waals surface area (Å²) in [5, 5.41) is 4.61. The van der Waals surface area contributed by atoms with E-state index in [2.05, 4.69) is 44.9 Å². The van der Waals surface area contributed by atoms with Crippen LogP contribution in [0.25, 0.3) is 0 Å².